The molecule has 8 heteroatoms. The van der Waals surface area contributed by atoms with E-state index >= 15 is 0 Å². The molecule has 0 amide bonds. The van der Waals surface area contributed by atoms with E-state index < -0.39 is 11.9 Å². The number of benzene rings is 2. The molecule has 2 unspecified atom stereocenters. The Morgan fingerprint density at radius 3 is 1.92 bits per heavy atom. The molecule has 0 aromatic heterocycles. The van der Waals surface area contributed by atoms with Gasteiger partial charge in [0.2, 0.25) is 0 Å². The molecule has 0 spiro atoms. The molecule has 0 radical (unpaired) electrons. The third-order valence-electron chi connectivity index (χ3n) is 6.85. The van der Waals surface area contributed by atoms with E-state index in [-0.39, 0.29) is 11.7 Å². The fraction of sp³-hybridized carbons (Fsp3) is 0.357. The van der Waals surface area contributed by atoms with Gasteiger partial charge in [-0.25, -0.2) is 4.79 Å². The zero-order chi connectivity index (χ0) is 26.0. The Balaban J connectivity index is 1.80. The number of rotatable bonds is 7. The minimum atomic E-state index is -0.590. The molecule has 1 heterocycles. The van der Waals surface area contributed by atoms with Crippen molar-refractivity contribution in [2.45, 2.75) is 31.6 Å². The highest BCUT2D eigenvalue weighted by molar-refractivity contribution is 6.04. The van der Waals surface area contributed by atoms with Gasteiger partial charge in [-0.3, -0.25) is 4.79 Å². The minimum absolute atomic E-state index is 0.0303. The second-order valence-corrected chi connectivity index (χ2v) is 8.74. The third-order valence-corrected chi connectivity index (χ3v) is 6.85. The average Bonchev–Trinajstić information content (AvgIpc) is 2.90. The predicted octanol–water partition coefficient (Wildman–Crippen LogP) is 4.26. The van der Waals surface area contributed by atoms with Crippen LogP contribution in [0, 0.1) is 0 Å². The van der Waals surface area contributed by atoms with Crippen molar-refractivity contribution < 1.29 is 33.3 Å². The van der Waals surface area contributed by atoms with Crippen molar-refractivity contribution in [3.05, 3.63) is 70.1 Å². The summed E-state index contributed by atoms with van der Waals surface area (Å²) in [5, 5.41) is 3.34. The summed E-state index contributed by atoms with van der Waals surface area (Å²) < 4.78 is 26.8. The molecule has 0 bridgehead atoms. The molecule has 36 heavy (non-hydrogen) atoms. The highest BCUT2D eigenvalue weighted by Gasteiger charge is 2.41. The van der Waals surface area contributed by atoms with E-state index in [0.717, 1.165) is 16.8 Å². The lowest BCUT2D eigenvalue weighted by molar-refractivity contribution is -0.136. The van der Waals surface area contributed by atoms with Gasteiger partial charge >= 0.3 is 5.97 Å². The highest BCUT2D eigenvalue weighted by Crippen LogP contribution is 2.47. The Labute approximate surface area is 210 Å². The van der Waals surface area contributed by atoms with Gasteiger partial charge in [0, 0.05) is 29.3 Å². The number of carbonyl (C=O) groups excluding carboxylic acids is 2. The monoisotopic (exact) mass is 493 g/mol. The van der Waals surface area contributed by atoms with Crippen molar-refractivity contribution in [3.63, 3.8) is 0 Å². The second kappa shape index (κ2) is 10.4. The number of Topliss-reactive ketones (excluding diaryl/α,β-unsaturated/α-hetero) is 1. The summed E-state index contributed by atoms with van der Waals surface area (Å²) >= 11 is 0. The summed E-state index contributed by atoms with van der Waals surface area (Å²) in [5.41, 5.74) is 4.17. The maximum atomic E-state index is 13.7. The van der Waals surface area contributed by atoms with E-state index in [9.17, 15) is 9.59 Å². The standard InChI is InChI=1S/C28H31NO7/c1-15-25(28(31)36-6)26(17-8-10-22(33-3)24(14-17)35-5)27-19(29-15)11-18(12-20(27)30)16-7-9-21(32-2)23(13-16)34-4/h7-10,13-14,18,26,29H,11-12H2,1-6H3. The van der Waals surface area contributed by atoms with Crippen molar-refractivity contribution in [2.75, 3.05) is 35.5 Å². The molecule has 2 aliphatic rings. The normalized spacial score (nSPS) is 19.3. The molecule has 2 aromatic carbocycles. The van der Waals surface area contributed by atoms with Crippen LogP contribution in [0.15, 0.2) is 58.9 Å². The number of ketones is 1. The topological polar surface area (TPSA) is 92.3 Å². The summed E-state index contributed by atoms with van der Waals surface area (Å²) in [6.07, 6.45) is 0.902. The number of nitrogens with one attached hydrogen (secondary N) is 1. The number of allylic oxidation sites excluding steroid dienone is 3. The van der Waals surface area contributed by atoms with Gasteiger partial charge in [-0.1, -0.05) is 12.1 Å². The van der Waals surface area contributed by atoms with E-state index in [1.165, 1.54) is 7.11 Å². The van der Waals surface area contributed by atoms with Crippen molar-refractivity contribution >= 4 is 11.8 Å². The first-order chi connectivity index (χ1) is 17.4. The average molecular weight is 494 g/mol. The molecule has 1 N–H and O–H groups in total. The second-order valence-electron chi connectivity index (χ2n) is 8.74. The van der Waals surface area contributed by atoms with Crippen LogP contribution in [-0.4, -0.2) is 47.3 Å². The molecule has 0 saturated carbocycles. The van der Waals surface area contributed by atoms with Crippen molar-refractivity contribution in [3.8, 4) is 23.0 Å². The maximum Gasteiger partial charge on any atom is 0.336 e. The lowest BCUT2D eigenvalue weighted by Crippen LogP contribution is -2.36. The van der Waals surface area contributed by atoms with Crippen molar-refractivity contribution in [2.24, 2.45) is 0 Å². The first-order valence-corrected chi connectivity index (χ1v) is 11.6. The molecule has 0 saturated heterocycles. The van der Waals surface area contributed by atoms with Crippen LogP contribution >= 0.6 is 0 Å². The van der Waals surface area contributed by atoms with Gasteiger partial charge in [0.15, 0.2) is 28.8 Å². The lowest BCUT2D eigenvalue weighted by Gasteiger charge is -2.36. The van der Waals surface area contributed by atoms with Crippen LogP contribution in [0.3, 0.4) is 0 Å². The quantitative estimate of drug-likeness (QED) is 0.572. The summed E-state index contributed by atoms with van der Waals surface area (Å²) in [6.45, 7) is 1.83. The van der Waals surface area contributed by atoms with E-state index in [1.54, 1.807) is 34.5 Å². The summed E-state index contributed by atoms with van der Waals surface area (Å²) in [7, 11) is 7.64. The summed E-state index contributed by atoms with van der Waals surface area (Å²) in [5.74, 6) is 1.17. The van der Waals surface area contributed by atoms with Gasteiger partial charge in [-0.2, -0.15) is 0 Å². The van der Waals surface area contributed by atoms with Crippen LogP contribution in [-0.2, 0) is 14.3 Å². The number of ether oxygens (including phenoxy) is 5. The Kier molecular flexibility index (Phi) is 7.24. The molecular formula is C28H31NO7. The van der Waals surface area contributed by atoms with Crippen LogP contribution in [0.2, 0.25) is 0 Å². The van der Waals surface area contributed by atoms with E-state index in [0.29, 0.717) is 52.7 Å². The Hall–Kier alpha value is -3.94. The molecule has 8 nitrogen and oxygen atoms in total. The number of dihydropyridines is 1. The SMILES string of the molecule is COC(=O)C1=C(C)NC2=C(C(=O)CC(c3ccc(OC)c(OC)c3)C2)C1c1ccc(OC)c(OC)c1. The fourth-order valence-corrected chi connectivity index (χ4v) is 5.13. The Bertz CT molecular complexity index is 1260. The highest BCUT2D eigenvalue weighted by atomic mass is 16.5. The van der Waals surface area contributed by atoms with Gasteiger partial charge in [0.25, 0.3) is 0 Å². The number of hydrogen-bond donors (Lipinski definition) is 1. The zero-order valence-electron chi connectivity index (χ0n) is 21.4. The lowest BCUT2D eigenvalue weighted by atomic mass is 9.71. The summed E-state index contributed by atoms with van der Waals surface area (Å²) in [4.78, 5) is 26.6. The van der Waals surface area contributed by atoms with E-state index in [1.807, 2.05) is 37.3 Å². The largest absolute Gasteiger partial charge is 0.493 e. The molecule has 4 rings (SSSR count). The van der Waals surface area contributed by atoms with E-state index in [2.05, 4.69) is 5.32 Å². The smallest absolute Gasteiger partial charge is 0.336 e. The molecule has 1 aliphatic carbocycles. The Morgan fingerprint density at radius 1 is 0.806 bits per heavy atom. The summed E-state index contributed by atoms with van der Waals surface area (Å²) in [6, 6.07) is 11.2. The molecule has 1 aliphatic heterocycles. The van der Waals surface area contributed by atoms with Gasteiger partial charge < -0.3 is 29.0 Å². The van der Waals surface area contributed by atoms with Gasteiger partial charge in [0.05, 0.1) is 41.1 Å². The molecule has 2 aromatic rings. The van der Waals surface area contributed by atoms with Gasteiger partial charge in [-0.05, 0) is 54.7 Å². The molecule has 2 atom stereocenters. The molecule has 190 valence electrons. The van der Waals surface area contributed by atoms with E-state index in [4.69, 9.17) is 23.7 Å². The molecule has 0 fully saturated rings. The van der Waals surface area contributed by atoms with Crippen molar-refractivity contribution in [1.82, 2.24) is 5.32 Å². The maximum absolute atomic E-state index is 13.7. The van der Waals surface area contributed by atoms with Crippen LogP contribution in [0.1, 0.15) is 42.7 Å². The van der Waals surface area contributed by atoms with Crippen molar-refractivity contribution in [1.29, 1.82) is 0 Å². The third kappa shape index (κ3) is 4.39. The fourth-order valence-electron chi connectivity index (χ4n) is 5.13. The van der Waals surface area contributed by atoms with Crippen LogP contribution in [0.5, 0.6) is 23.0 Å². The van der Waals surface area contributed by atoms with Crippen LogP contribution in [0.4, 0.5) is 0 Å². The van der Waals surface area contributed by atoms with Crippen LogP contribution < -0.4 is 24.3 Å². The zero-order valence-corrected chi connectivity index (χ0v) is 21.4. The number of hydrogen-bond acceptors (Lipinski definition) is 8. The van der Waals surface area contributed by atoms with Gasteiger partial charge in [0.1, 0.15) is 0 Å². The minimum Gasteiger partial charge on any atom is -0.493 e. The number of carbonyl (C=O) groups is 2. The number of esters is 1. The first kappa shape index (κ1) is 25.2. The van der Waals surface area contributed by atoms with Crippen LogP contribution in [0.25, 0.3) is 0 Å². The number of methoxy groups -OCH3 is 5. The first-order valence-electron chi connectivity index (χ1n) is 11.6. The Morgan fingerprint density at radius 2 is 1.36 bits per heavy atom. The molecular weight excluding hydrogens is 462 g/mol. The predicted molar refractivity (Wildman–Crippen MR) is 134 cm³/mol. The van der Waals surface area contributed by atoms with Gasteiger partial charge in [-0.15, -0.1) is 0 Å².